The molecule has 1 saturated heterocycles. The molecule has 3 unspecified atom stereocenters. The van der Waals surface area contributed by atoms with Gasteiger partial charge in [-0.3, -0.25) is 18.9 Å². The van der Waals surface area contributed by atoms with Crippen LogP contribution in [0.25, 0.3) is 0 Å². The van der Waals surface area contributed by atoms with Gasteiger partial charge in [0.1, 0.15) is 12.2 Å². The molecule has 33 heavy (non-hydrogen) atoms. The minimum absolute atomic E-state index is 0.231. The molecule has 16 nitrogen and oxygen atoms in total. The summed E-state index contributed by atoms with van der Waals surface area (Å²) in [4.78, 5) is 58.1. The molecule has 6 N–H and O–H groups in total. The molecule has 2 rings (SSSR count). The molecule has 186 valence electrons. The first-order valence-electron chi connectivity index (χ1n) is 8.65. The van der Waals surface area contributed by atoms with E-state index in [1.54, 1.807) is 5.38 Å². The zero-order chi connectivity index (χ0) is 27.2. The van der Waals surface area contributed by atoms with Crippen molar-refractivity contribution >= 4 is 46.7 Å². The lowest BCUT2D eigenvalue weighted by molar-refractivity contribution is -0.0458. The summed E-state index contributed by atoms with van der Waals surface area (Å²) in [6.07, 6.45) is -6.83. The van der Waals surface area contributed by atoms with Gasteiger partial charge in [-0.25, -0.2) is 18.5 Å². The van der Waals surface area contributed by atoms with Crippen LogP contribution in [0.15, 0.2) is 15.8 Å². The van der Waals surface area contributed by atoms with Crippen molar-refractivity contribution in [1.82, 2.24) is 9.55 Å². The number of aromatic amines is 1. The van der Waals surface area contributed by atoms with E-state index in [4.69, 9.17) is 45.4 Å². The Bertz CT molecular complexity index is 1320. The Labute approximate surface area is 194 Å². The van der Waals surface area contributed by atoms with Gasteiger partial charge >= 0.3 is 29.2 Å². The smallest absolute Gasteiger partial charge is 0.387 e. The monoisotopic (exact) mass is 580 g/mol. The predicted molar refractivity (Wildman–Crippen MR) is 103 cm³/mol. The van der Waals surface area contributed by atoms with Gasteiger partial charge in [-0.05, 0) is 11.6 Å². The van der Waals surface area contributed by atoms with Crippen molar-refractivity contribution in [3.05, 3.63) is 32.9 Å². The van der Waals surface area contributed by atoms with Crippen molar-refractivity contribution in [1.29, 1.82) is 0 Å². The maximum Gasteiger partial charge on any atom is 0.490 e. The highest BCUT2D eigenvalue weighted by atomic mass is 35.5. The number of ether oxygens (including phenoxy) is 1. The molecule has 0 saturated carbocycles. The van der Waals surface area contributed by atoms with Crippen LogP contribution >= 0.6 is 46.7 Å². The minimum Gasteiger partial charge on any atom is -0.387 e. The zero-order valence-corrected chi connectivity index (χ0v) is 19.3. The summed E-state index contributed by atoms with van der Waals surface area (Å²) in [6.45, 7) is -3.74. The lowest BCUT2D eigenvalue weighted by Crippen LogP contribution is -2.44. The molecule has 0 spiro atoms. The molecule has 0 radical (unpaired) electrons. The molecule has 0 aromatic carbocycles. The number of rotatable bonds is 8. The van der Waals surface area contributed by atoms with Gasteiger partial charge in [0.15, 0.2) is 11.1 Å². The van der Waals surface area contributed by atoms with Crippen LogP contribution in [-0.2, 0) is 31.6 Å². The van der Waals surface area contributed by atoms with Gasteiger partial charge in [-0.1, -0.05) is 17.5 Å². The van der Waals surface area contributed by atoms with Gasteiger partial charge in [0.2, 0.25) is 5.82 Å². The second-order valence-electron chi connectivity index (χ2n) is 5.79. The maximum absolute atomic E-state index is 13.7. The summed E-state index contributed by atoms with van der Waals surface area (Å²) in [6, 6.07) is 0. The van der Waals surface area contributed by atoms with E-state index in [0.29, 0.717) is 0 Å². The summed E-state index contributed by atoms with van der Waals surface area (Å²) in [5, 5.41) is 12.3. The molecular formula is C11H12Cl2FN2O14P3. The first kappa shape index (κ1) is 25.2. The van der Waals surface area contributed by atoms with E-state index in [2.05, 4.69) is 13.1 Å². The van der Waals surface area contributed by atoms with E-state index in [1.807, 2.05) is 5.92 Å². The summed E-state index contributed by atoms with van der Waals surface area (Å²) < 4.78 is 79.8. The molecule has 0 amide bonds. The van der Waals surface area contributed by atoms with Crippen LogP contribution < -0.4 is 11.2 Å². The Kier molecular flexibility index (Phi) is 7.62. The normalized spacial score (nSPS) is 30.4. The summed E-state index contributed by atoms with van der Waals surface area (Å²) in [7, 11) is -17.9. The van der Waals surface area contributed by atoms with Crippen LogP contribution in [0.5, 0.6) is 0 Å². The SMILES string of the molecule is [2H]C([2H])(OP(=O)(O)OP(=O)(O)OP(=O)(O)O)[C@H]1O[C@@H](n2cc(F)c(=O)[nH]c2=O)C(Cl)(C#CCl)[C@H]1O. The number of phosphoric ester groups is 1. The van der Waals surface area contributed by atoms with E-state index >= 15 is 0 Å². The molecule has 1 aliphatic heterocycles. The van der Waals surface area contributed by atoms with Crippen molar-refractivity contribution < 1.29 is 63.4 Å². The van der Waals surface area contributed by atoms with E-state index < -0.39 is 70.4 Å². The number of alkyl halides is 1. The fourth-order valence-electron chi connectivity index (χ4n) is 2.30. The highest BCUT2D eigenvalue weighted by molar-refractivity contribution is 7.66. The first-order chi connectivity index (χ1) is 15.6. The Balaban J connectivity index is 2.45. The van der Waals surface area contributed by atoms with E-state index in [1.165, 1.54) is 4.98 Å². The Hall–Kier alpha value is -0.920. The van der Waals surface area contributed by atoms with Crippen molar-refractivity contribution in [2.24, 2.45) is 0 Å². The molecule has 1 aromatic rings. The number of H-pyrrole nitrogens is 1. The van der Waals surface area contributed by atoms with Gasteiger partial charge < -0.3 is 29.4 Å². The summed E-state index contributed by atoms with van der Waals surface area (Å²) in [5.41, 5.74) is -2.85. The van der Waals surface area contributed by atoms with Gasteiger partial charge in [-0.2, -0.15) is 13.0 Å². The topological polar surface area (TPSA) is 244 Å². The minimum atomic E-state index is -6.10. The van der Waals surface area contributed by atoms with Crippen molar-refractivity contribution in [3.8, 4) is 11.3 Å². The number of halogens is 3. The van der Waals surface area contributed by atoms with Crippen LogP contribution in [0.1, 0.15) is 8.97 Å². The number of aliphatic hydroxyl groups is 1. The third-order valence-corrected chi connectivity index (χ3v) is 7.73. The number of hydrogen-bond donors (Lipinski definition) is 6. The summed E-state index contributed by atoms with van der Waals surface area (Å²) >= 11 is 11.4. The highest BCUT2D eigenvalue weighted by Gasteiger charge is 2.57. The summed E-state index contributed by atoms with van der Waals surface area (Å²) in [5.74, 6) is 0.410. The zero-order valence-electron chi connectivity index (χ0n) is 17.1. The van der Waals surface area contributed by atoms with Gasteiger partial charge in [-0.15, -0.1) is 0 Å². The van der Waals surface area contributed by atoms with Crippen LogP contribution in [0, 0.1) is 17.1 Å². The van der Waals surface area contributed by atoms with E-state index in [9.17, 15) is 37.7 Å². The second-order valence-corrected chi connectivity index (χ2v) is 10.9. The third-order valence-electron chi connectivity index (χ3n) is 3.47. The fraction of sp³-hybridized carbons (Fsp3) is 0.455. The number of aliphatic hydroxyl groups excluding tert-OH is 1. The predicted octanol–water partition coefficient (Wildman–Crippen LogP) is -0.545. The van der Waals surface area contributed by atoms with Crippen LogP contribution in [-0.4, -0.2) is 57.9 Å². The average molecular weight is 581 g/mol. The molecule has 1 aliphatic rings. The fourth-order valence-corrected chi connectivity index (χ4v) is 5.70. The van der Waals surface area contributed by atoms with Gasteiger partial charge in [0, 0.05) is 5.38 Å². The quantitative estimate of drug-likeness (QED) is 0.128. The Morgan fingerprint density at radius 1 is 1.27 bits per heavy atom. The number of nitrogens with one attached hydrogen (secondary N) is 1. The largest absolute Gasteiger partial charge is 0.490 e. The molecule has 2 heterocycles. The van der Waals surface area contributed by atoms with Crippen molar-refractivity contribution in [2.75, 3.05) is 6.56 Å². The molecule has 0 aliphatic carbocycles. The molecule has 0 bridgehead atoms. The Morgan fingerprint density at radius 3 is 2.42 bits per heavy atom. The van der Waals surface area contributed by atoms with E-state index in [0.717, 1.165) is 0 Å². The highest BCUT2D eigenvalue weighted by Crippen LogP contribution is 2.66. The molecular weight excluding hydrogens is 567 g/mol. The molecule has 1 fully saturated rings. The van der Waals surface area contributed by atoms with Gasteiger partial charge in [0.05, 0.1) is 15.5 Å². The van der Waals surface area contributed by atoms with Crippen LogP contribution in [0.3, 0.4) is 0 Å². The molecule has 1 aromatic heterocycles. The van der Waals surface area contributed by atoms with Crippen molar-refractivity contribution in [2.45, 2.75) is 23.3 Å². The lowest BCUT2D eigenvalue weighted by Gasteiger charge is -2.25. The van der Waals surface area contributed by atoms with E-state index in [-0.39, 0.29) is 10.8 Å². The number of hydrogen-bond acceptors (Lipinski definition) is 10. The molecule has 6 atom stereocenters. The van der Waals surface area contributed by atoms with Crippen LogP contribution in [0.2, 0.25) is 0 Å². The maximum atomic E-state index is 13.7. The average Bonchev–Trinajstić information content (AvgIpc) is 2.86. The second kappa shape index (κ2) is 9.98. The third kappa shape index (κ3) is 7.04. The number of aromatic nitrogens is 2. The number of phosphoric acid groups is 3. The molecule has 22 heteroatoms. The number of nitrogens with zero attached hydrogens (tertiary/aromatic N) is 1. The Morgan fingerprint density at radius 2 is 1.88 bits per heavy atom. The first-order valence-corrected chi connectivity index (χ1v) is 12.9. The standard InChI is InChI=1S/C11H12Cl2FN2O14P3/c12-2-1-11(13)7(17)6(28-9(11)16-3-5(14)8(18)15-10(16)19)4-27-32(23,24)30-33(25,26)29-31(20,21)22/h3,6-7,9,17H,4H2,(H,23,24)(H,25,26)(H,15,18,19)(H2,20,21,22)/t6-,7+,9-,11?/m1/s1/i4D2. The van der Waals surface area contributed by atoms with Crippen molar-refractivity contribution in [3.63, 3.8) is 0 Å². The van der Waals surface area contributed by atoms with Gasteiger partial charge in [0.25, 0.3) is 5.56 Å². The lowest BCUT2D eigenvalue weighted by atomic mass is 9.99. The van der Waals surface area contributed by atoms with Crippen LogP contribution in [0.4, 0.5) is 4.39 Å².